The van der Waals surface area contributed by atoms with E-state index in [1.807, 2.05) is 0 Å². The van der Waals surface area contributed by atoms with Crippen molar-refractivity contribution in [2.45, 2.75) is 19.3 Å². The largest absolute Gasteiger partial charge is 0.326 e. The van der Waals surface area contributed by atoms with Gasteiger partial charge in [0.25, 0.3) is 0 Å². The van der Waals surface area contributed by atoms with E-state index < -0.39 is 0 Å². The Bertz CT molecular complexity index is 482. The van der Waals surface area contributed by atoms with Crippen molar-refractivity contribution in [1.29, 1.82) is 0 Å². The molecule has 2 nitrogen and oxygen atoms in total. The first-order chi connectivity index (χ1) is 8.74. The summed E-state index contributed by atoms with van der Waals surface area (Å²) in [6.45, 7) is 0. The van der Waals surface area contributed by atoms with E-state index in [0.717, 1.165) is 11.8 Å². The van der Waals surface area contributed by atoms with Gasteiger partial charge in [-0.1, -0.05) is 0 Å². The summed E-state index contributed by atoms with van der Waals surface area (Å²) in [6.07, 6.45) is 4.01. The van der Waals surface area contributed by atoms with Gasteiger partial charge in [0, 0.05) is 11.6 Å². The van der Waals surface area contributed by atoms with E-state index in [1.54, 1.807) is 12.1 Å². The number of fused-ring (bicyclic) bond motifs is 5. The molecule has 0 aromatic heterocycles. The Labute approximate surface area is 106 Å². The van der Waals surface area contributed by atoms with Crippen LogP contribution in [0.25, 0.3) is 0 Å². The van der Waals surface area contributed by atoms with E-state index in [-0.39, 0.29) is 17.6 Å². The highest BCUT2D eigenvalue weighted by Crippen LogP contribution is 2.69. The van der Waals surface area contributed by atoms with Crippen LogP contribution in [0.15, 0.2) is 24.3 Å². The number of carbonyl (C=O) groups excluding carboxylic acids is 1. The lowest BCUT2D eigenvalue weighted by Gasteiger charge is -2.09. The van der Waals surface area contributed by atoms with Gasteiger partial charge < -0.3 is 5.32 Å². The predicted molar refractivity (Wildman–Crippen MR) is 66.3 cm³/mol. The summed E-state index contributed by atoms with van der Waals surface area (Å²) in [5.41, 5.74) is 0.707. The molecule has 1 amide bonds. The van der Waals surface area contributed by atoms with Crippen molar-refractivity contribution in [3.8, 4) is 0 Å². The molecule has 18 heavy (non-hydrogen) atoms. The number of nitrogens with one attached hydrogen (secondary N) is 1. The summed E-state index contributed by atoms with van der Waals surface area (Å²) < 4.78 is 12.8. The molecule has 1 N–H and O–H groups in total. The molecular weight excluding hydrogens is 229 g/mol. The van der Waals surface area contributed by atoms with Gasteiger partial charge in [0.05, 0.1) is 0 Å². The van der Waals surface area contributed by atoms with Crippen LogP contribution in [-0.4, -0.2) is 5.91 Å². The second kappa shape index (κ2) is 3.56. The zero-order chi connectivity index (χ0) is 12.3. The van der Waals surface area contributed by atoms with Gasteiger partial charge in [-0.3, -0.25) is 4.79 Å². The molecule has 0 spiro atoms. The number of anilines is 1. The van der Waals surface area contributed by atoms with E-state index in [2.05, 4.69) is 5.32 Å². The Hall–Kier alpha value is -1.38. The summed E-state index contributed by atoms with van der Waals surface area (Å²) in [6, 6.07) is 6.01. The van der Waals surface area contributed by atoms with Crippen LogP contribution >= 0.6 is 0 Å². The lowest BCUT2D eigenvalue weighted by Crippen LogP contribution is -2.18. The number of carbonyl (C=O) groups is 1. The van der Waals surface area contributed by atoms with Gasteiger partial charge in [-0.2, -0.15) is 0 Å². The molecule has 4 rings (SSSR count). The molecule has 3 fully saturated rings. The van der Waals surface area contributed by atoms with Crippen LogP contribution in [0.4, 0.5) is 10.1 Å². The molecule has 3 saturated carbocycles. The van der Waals surface area contributed by atoms with Crippen molar-refractivity contribution in [2.24, 2.45) is 29.6 Å². The Balaban J connectivity index is 1.45. The number of hydrogen-bond acceptors (Lipinski definition) is 1. The van der Waals surface area contributed by atoms with Gasteiger partial charge in [-0.15, -0.1) is 0 Å². The molecule has 0 heterocycles. The van der Waals surface area contributed by atoms with Crippen LogP contribution in [0.2, 0.25) is 0 Å². The van der Waals surface area contributed by atoms with Crippen molar-refractivity contribution in [3.63, 3.8) is 0 Å². The third kappa shape index (κ3) is 1.43. The molecule has 3 aliphatic carbocycles. The highest BCUT2D eigenvalue weighted by atomic mass is 19.1. The third-order valence-electron chi connectivity index (χ3n) is 5.15. The fourth-order valence-electron chi connectivity index (χ4n) is 4.43. The molecule has 0 unspecified atom stereocenters. The van der Waals surface area contributed by atoms with Crippen molar-refractivity contribution in [2.75, 3.05) is 5.32 Å². The number of benzene rings is 1. The maximum absolute atomic E-state index is 12.8. The van der Waals surface area contributed by atoms with E-state index in [4.69, 9.17) is 0 Å². The fraction of sp³-hybridized carbons (Fsp3) is 0.533. The number of amides is 1. The number of halogens is 1. The summed E-state index contributed by atoms with van der Waals surface area (Å²) in [5.74, 6) is 3.05. The maximum atomic E-state index is 12.8. The fourth-order valence-corrected chi connectivity index (χ4v) is 4.43. The van der Waals surface area contributed by atoms with E-state index >= 15 is 0 Å². The van der Waals surface area contributed by atoms with E-state index in [9.17, 15) is 9.18 Å². The predicted octanol–water partition coefficient (Wildman–Crippen LogP) is 3.06. The Morgan fingerprint density at radius 2 is 1.72 bits per heavy atom. The molecule has 0 radical (unpaired) electrons. The SMILES string of the molecule is O=C(Nc1ccc(F)cc1)C1[C@@H]2[C@H]3CC[C@@H](C3)[C@@H]12. The van der Waals surface area contributed by atoms with Gasteiger partial charge in [-0.25, -0.2) is 4.39 Å². The maximum Gasteiger partial charge on any atom is 0.228 e. The van der Waals surface area contributed by atoms with Crippen molar-refractivity contribution in [3.05, 3.63) is 30.1 Å². The molecule has 0 aliphatic heterocycles. The highest BCUT2D eigenvalue weighted by molar-refractivity contribution is 5.95. The number of rotatable bonds is 2. The Kier molecular flexibility index (Phi) is 2.08. The lowest BCUT2D eigenvalue weighted by atomic mass is 10.0. The first kappa shape index (κ1) is 10.5. The minimum Gasteiger partial charge on any atom is -0.326 e. The second-order valence-corrected chi connectivity index (χ2v) is 6.01. The van der Waals surface area contributed by atoms with Gasteiger partial charge in [-0.05, 0) is 67.2 Å². The molecule has 2 bridgehead atoms. The molecule has 3 aliphatic rings. The summed E-state index contributed by atoms with van der Waals surface area (Å²) >= 11 is 0. The summed E-state index contributed by atoms with van der Waals surface area (Å²) in [4.78, 5) is 12.2. The molecule has 1 aromatic rings. The van der Waals surface area contributed by atoms with Crippen molar-refractivity contribution in [1.82, 2.24) is 0 Å². The van der Waals surface area contributed by atoms with E-state index in [1.165, 1.54) is 31.4 Å². The Morgan fingerprint density at radius 1 is 1.11 bits per heavy atom. The molecule has 4 atom stereocenters. The first-order valence-electron chi connectivity index (χ1n) is 6.80. The summed E-state index contributed by atoms with van der Waals surface area (Å²) in [5, 5.41) is 2.92. The van der Waals surface area contributed by atoms with Crippen LogP contribution in [0.5, 0.6) is 0 Å². The smallest absolute Gasteiger partial charge is 0.228 e. The van der Waals surface area contributed by atoms with Gasteiger partial charge in [0.15, 0.2) is 0 Å². The van der Waals surface area contributed by atoms with Crippen LogP contribution in [0.1, 0.15) is 19.3 Å². The third-order valence-corrected chi connectivity index (χ3v) is 5.15. The highest BCUT2D eigenvalue weighted by Gasteiger charge is 2.67. The molecule has 0 saturated heterocycles. The topological polar surface area (TPSA) is 29.1 Å². The van der Waals surface area contributed by atoms with Gasteiger partial charge in [0.1, 0.15) is 5.82 Å². The van der Waals surface area contributed by atoms with Gasteiger partial charge in [0.2, 0.25) is 5.91 Å². The van der Waals surface area contributed by atoms with Gasteiger partial charge >= 0.3 is 0 Å². The second-order valence-electron chi connectivity index (χ2n) is 6.01. The monoisotopic (exact) mass is 245 g/mol. The van der Waals surface area contributed by atoms with Crippen LogP contribution < -0.4 is 5.32 Å². The van der Waals surface area contributed by atoms with Crippen LogP contribution in [0.3, 0.4) is 0 Å². The van der Waals surface area contributed by atoms with Crippen LogP contribution in [-0.2, 0) is 4.79 Å². The zero-order valence-corrected chi connectivity index (χ0v) is 10.1. The lowest BCUT2D eigenvalue weighted by molar-refractivity contribution is -0.118. The molecular formula is C15H16FNO. The molecule has 3 heteroatoms. The summed E-state index contributed by atoms with van der Waals surface area (Å²) in [7, 11) is 0. The number of hydrogen-bond donors (Lipinski definition) is 1. The van der Waals surface area contributed by atoms with E-state index in [0.29, 0.717) is 17.5 Å². The quantitative estimate of drug-likeness (QED) is 0.852. The van der Waals surface area contributed by atoms with Crippen molar-refractivity contribution >= 4 is 11.6 Å². The average Bonchev–Trinajstić information content (AvgIpc) is 2.82. The zero-order valence-electron chi connectivity index (χ0n) is 10.1. The minimum atomic E-state index is -0.269. The normalized spacial score (nSPS) is 39.5. The van der Waals surface area contributed by atoms with Crippen molar-refractivity contribution < 1.29 is 9.18 Å². The molecule has 94 valence electrons. The first-order valence-corrected chi connectivity index (χ1v) is 6.80. The average molecular weight is 245 g/mol. The minimum absolute atomic E-state index is 0.146. The molecule has 1 aromatic carbocycles. The Morgan fingerprint density at radius 3 is 2.33 bits per heavy atom. The van der Waals surface area contributed by atoms with Crippen LogP contribution in [0, 0.1) is 35.4 Å². The standard InChI is InChI=1S/C15H16FNO/c16-10-3-5-11(6-4-10)17-15(18)14-12-8-1-2-9(7-8)13(12)14/h3-6,8-9,12-14H,1-2,7H2,(H,17,18)/t8-,9-,12+,13+/m0/s1.